The molecule has 0 aliphatic carbocycles. The molecule has 0 radical (unpaired) electrons. The van der Waals surface area contributed by atoms with Crippen LogP contribution in [0, 0.1) is 3.70 Å². The molecule has 0 aliphatic heterocycles. The van der Waals surface area contributed by atoms with Gasteiger partial charge in [0, 0.05) is 17.3 Å². The Morgan fingerprint density at radius 3 is 2.71 bits per heavy atom. The first-order chi connectivity index (χ1) is 6.61. The summed E-state index contributed by atoms with van der Waals surface area (Å²) in [6.45, 7) is 0. The number of halogens is 4. The van der Waals surface area contributed by atoms with Gasteiger partial charge in [0.05, 0.1) is 13.0 Å². The van der Waals surface area contributed by atoms with Crippen molar-refractivity contribution in [3.05, 3.63) is 21.0 Å². The van der Waals surface area contributed by atoms with Gasteiger partial charge in [0.25, 0.3) is 6.43 Å². The Bertz CT molecular complexity index is 335. The number of hydrogen-bond acceptors (Lipinski definition) is 2. The molecule has 0 atom stereocenters. The van der Waals surface area contributed by atoms with Gasteiger partial charge in [-0.1, -0.05) is 0 Å². The zero-order chi connectivity index (χ0) is 10.7. The first-order valence-electron chi connectivity index (χ1n) is 3.67. The van der Waals surface area contributed by atoms with E-state index in [9.17, 15) is 8.78 Å². The summed E-state index contributed by atoms with van der Waals surface area (Å²) in [5, 5.41) is 0. The highest BCUT2D eigenvalue weighted by molar-refractivity contribution is 14.1. The molecular formula is C8H7ClF2INO. The van der Waals surface area contributed by atoms with Crippen LogP contribution in [0.4, 0.5) is 8.78 Å². The quantitative estimate of drug-likeness (QED) is 0.481. The highest BCUT2D eigenvalue weighted by Crippen LogP contribution is 2.33. The molecule has 0 saturated carbocycles. The molecule has 0 amide bonds. The van der Waals surface area contributed by atoms with Crippen LogP contribution in [0.5, 0.6) is 5.75 Å². The van der Waals surface area contributed by atoms with E-state index in [0.717, 1.165) is 6.20 Å². The van der Waals surface area contributed by atoms with Crippen molar-refractivity contribution in [2.24, 2.45) is 0 Å². The summed E-state index contributed by atoms with van der Waals surface area (Å²) in [7, 11) is 1.41. The largest absolute Gasteiger partial charge is 0.494 e. The molecule has 0 spiro atoms. The summed E-state index contributed by atoms with van der Waals surface area (Å²) in [5.74, 6) is 0.319. The topological polar surface area (TPSA) is 22.1 Å². The van der Waals surface area contributed by atoms with Crippen molar-refractivity contribution in [2.75, 3.05) is 7.11 Å². The van der Waals surface area contributed by atoms with E-state index in [1.807, 2.05) is 22.6 Å². The van der Waals surface area contributed by atoms with Crippen LogP contribution >= 0.6 is 34.2 Å². The molecule has 0 saturated heterocycles. The number of nitrogens with zero attached hydrogens (tertiary/aromatic N) is 1. The first kappa shape index (κ1) is 11.9. The molecule has 1 aromatic rings. The van der Waals surface area contributed by atoms with Crippen molar-refractivity contribution in [3.8, 4) is 5.75 Å². The Morgan fingerprint density at radius 2 is 2.29 bits per heavy atom. The van der Waals surface area contributed by atoms with Gasteiger partial charge < -0.3 is 4.74 Å². The maximum absolute atomic E-state index is 12.5. The fourth-order valence-corrected chi connectivity index (χ4v) is 2.01. The van der Waals surface area contributed by atoms with E-state index in [1.54, 1.807) is 0 Å². The molecule has 0 aromatic carbocycles. The van der Waals surface area contributed by atoms with Crippen molar-refractivity contribution in [1.82, 2.24) is 4.98 Å². The van der Waals surface area contributed by atoms with E-state index in [1.165, 1.54) is 7.11 Å². The third-order valence-electron chi connectivity index (χ3n) is 1.70. The maximum Gasteiger partial charge on any atom is 0.265 e. The Balaban J connectivity index is 3.33. The van der Waals surface area contributed by atoms with Crippen LogP contribution in [0.25, 0.3) is 0 Å². The fourth-order valence-electron chi connectivity index (χ4n) is 1.05. The van der Waals surface area contributed by atoms with Gasteiger partial charge in [-0.2, -0.15) is 0 Å². The van der Waals surface area contributed by atoms with Crippen molar-refractivity contribution >= 4 is 34.2 Å². The van der Waals surface area contributed by atoms with Gasteiger partial charge in [0.1, 0.15) is 3.70 Å². The summed E-state index contributed by atoms with van der Waals surface area (Å²) in [6, 6.07) is 0. The number of aromatic nitrogens is 1. The van der Waals surface area contributed by atoms with Crippen molar-refractivity contribution in [2.45, 2.75) is 12.3 Å². The van der Waals surface area contributed by atoms with Gasteiger partial charge in [-0.25, -0.2) is 13.8 Å². The zero-order valence-electron chi connectivity index (χ0n) is 7.23. The SMILES string of the molecule is COc1c(I)ncc(C(F)F)c1CCl. The normalized spacial score (nSPS) is 10.7. The second-order valence-corrected chi connectivity index (χ2v) is 3.74. The van der Waals surface area contributed by atoms with E-state index >= 15 is 0 Å². The predicted octanol–water partition coefficient (Wildman–Crippen LogP) is 3.37. The number of ether oxygens (including phenoxy) is 1. The van der Waals surface area contributed by atoms with Crippen LogP contribution in [0.2, 0.25) is 0 Å². The minimum absolute atomic E-state index is 0.0125. The average molecular weight is 334 g/mol. The fraction of sp³-hybridized carbons (Fsp3) is 0.375. The van der Waals surface area contributed by atoms with Gasteiger partial charge >= 0.3 is 0 Å². The van der Waals surface area contributed by atoms with Gasteiger partial charge in [-0.3, -0.25) is 0 Å². The highest BCUT2D eigenvalue weighted by atomic mass is 127. The van der Waals surface area contributed by atoms with E-state index < -0.39 is 6.43 Å². The third kappa shape index (κ3) is 2.25. The predicted molar refractivity (Wildman–Crippen MR) is 58.0 cm³/mol. The van der Waals surface area contributed by atoms with Crippen LogP contribution in [0.3, 0.4) is 0 Å². The van der Waals surface area contributed by atoms with E-state index in [0.29, 0.717) is 15.0 Å². The number of hydrogen-bond donors (Lipinski definition) is 0. The number of alkyl halides is 3. The number of methoxy groups -OCH3 is 1. The van der Waals surface area contributed by atoms with Crippen LogP contribution in [0.1, 0.15) is 17.6 Å². The minimum atomic E-state index is -2.58. The van der Waals surface area contributed by atoms with Gasteiger partial charge in [0.2, 0.25) is 0 Å². The molecule has 0 bridgehead atoms. The molecule has 1 heterocycles. The highest BCUT2D eigenvalue weighted by Gasteiger charge is 2.19. The first-order valence-corrected chi connectivity index (χ1v) is 5.28. The van der Waals surface area contributed by atoms with Gasteiger partial charge in [0.15, 0.2) is 5.75 Å². The second-order valence-electron chi connectivity index (χ2n) is 2.45. The summed E-state index contributed by atoms with van der Waals surface area (Å²) in [6.07, 6.45) is -1.45. The van der Waals surface area contributed by atoms with Gasteiger partial charge in [-0.15, -0.1) is 11.6 Å². The van der Waals surface area contributed by atoms with Crippen LogP contribution < -0.4 is 4.74 Å². The standard InChI is InChI=1S/C8H7ClF2INO/c1-14-6-4(2-9)5(7(10)11)3-13-8(6)12/h3,7H,2H2,1H3. The van der Waals surface area contributed by atoms with E-state index in [4.69, 9.17) is 16.3 Å². The van der Waals surface area contributed by atoms with E-state index in [2.05, 4.69) is 4.98 Å². The lowest BCUT2D eigenvalue weighted by Crippen LogP contribution is -2.01. The third-order valence-corrected chi connectivity index (χ3v) is 2.74. The van der Waals surface area contributed by atoms with Crippen molar-refractivity contribution < 1.29 is 13.5 Å². The Hall–Kier alpha value is -0.170. The summed E-state index contributed by atoms with van der Waals surface area (Å²) >= 11 is 7.50. The zero-order valence-corrected chi connectivity index (χ0v) is 10.1. The smallest absolute Gasteiger partial charge is 0.265 e. The second kappa shape index (κ2) is 5.06. The molecule has 0 N–H and O–H groups in total. The Morgan fingerprint density at radius 1 is 1.64 bits per heavy atom. The van der Waals surface area contributed by atoms with Crippen LogP contribution in [-0.2, 0) is 5.88 Å². The van der Waals surface area contributed by atoms with E-state index in [-0.39, 0.29) is 11.4 Å². The average Bonchev–Trinajstić information content (AvgIpc) is 2.16. The Labute approximate surface area is 98.8 Å². The molecule has 6 heteroatoms. The number of rotatable bonds is 3. The lowest BCUT2D eigenvalue weighted by Gasteiger charge is -2.11. The lowest BCUT2D eigenvalue weighted by atomic mass is 10.1. The molecule has 0 aliphatic rings. The van der Waals surface area contributed by atoms with Gasteiger partial charge in [-0.05, 0) is 22.6 Å². The Kier molecular flexibility index (Phi) is 4.31. The molecule has 14 heavy (non-hydrogen) atoms. The van der Waals surface area contributed by atoms with Crippen LogP contribution in [-0.4, -0.2) is 12.1 Å². The monoisotopic (exact) mass is 333 g/mol. The molecule has 0 fully saturated rings. The lowest BCUT2D eigenvalue weighted by molar-refractivity contribution is 0.149. The summed E-state index contributed by atoms with van der Waals surface area (Å²) in [4.78, 5) is 3.80. The van der Waals surface area contributed by atoms with Crippen molar-refractivity contribution in [1.29, 1.82) is 0 Å². The molecule has 1 rings (SSSR count). The summed E-state index contributed by atoms with van der Waals surface area (Å²) in [5.41, 5.74) is 0.140. The minimum Gasteiger partial charge on any atom is -0.494 e. The molecule has 1 aromatic heterocycles. The number of pyridine rings is 1. The molecule has 78 valence electrons. The van der Waals surface area contributed by atoms with Crippen LogP contribution in [0.15, 0.2) is 6.20 Å². The summed E-state index contributed by atoms with van der Waals surface area (Å²) < 4.78 is 30.5. The molecule has 0 unspecified atom stereocenters. The molecule has 2 nitrogen and oxygen atoms in total. The maximum atomic E-state index is 12.5. The van der Waals surface area contributed by atoms with Crippen molar-refractivity contribution in [3.63, 3.8) is 0 Å². The molecular weight excluding hydrogens is 326 g/mol.